The summed E-state index contributed by atoms with van der Waals surface area (Å²) in [5.74, 6) is -0.329. The zero-order valence-corrected chi connectivity index (χ0v) is 14.6. The molecule has 2 N–H and O–H groups in total. The lowest BCUT2D eigenvalue weighted by molar-refractivity contribution is -0.133. The van der Waals surface area contributed by atoms with Gasteiger partial charge in [0, 0.05) is 0 Å². The molecule has 2 atom stereocenters. The van der Waals surface area contributed by atoms with E-state index in [0.29, 0.717) is 9.21 Å². The van der Waals surface area contributed by atoms with E-state index in [1.54, 1.807) is 32.9 Å². The van der Waals surface area contributed by atoms with Crippen molar-refractivity contribution in [1.29, 1.82) is 0 Å². The average molecular weight is 363 g/mol. The number of aliphatic hydroxyl groups is 1. The van der Waals surface area contributed by atoms with Crippen molar-refractivity contribution >= 4 is 35.0 Å². The first kappa shape index (κ1) is 18.0. The van der Waals surface area contributed by atoms with Crippen LogP contribution in [0.15, 0.2) is 12.1 Å². The Kier molecular flexibility index (Phi) is 5.51. The lowest BCUT2D eigenvalue weighted by Gasteiger charge is -2.21. The second kappa shape index (κ2) is 7.04. The Balaban J connectivity index is 1.86. The zero-order chi connectivity index (χ0) is 17.2. The molecule has 1 fully saturated rings. The van der Waals surface area contributed by atoms with E-state index in [1.165, 1.54) is 5.06 Å². The standard InChI is InChI=1S/C14H19ClN2O5S/c1-14(2,3)21-13(20)22-17-6-8(9(18)7-17)16-12(19)10-4-5-11(15)23-10/h4-5,8-9,18H,6-7H2,1-3H3,(H,16,19). The summed E-state index contributed by atoms with van der Waals surface area (Å²) in [4.78, 5) is 29.1. The quantitative estimate of drug-likeness (QED) is 0.800. The van der Waals surface area contributed by atoms with E-state index in [1.807, 2.05) is 0 Å². The van der Waals surface area contributed by atoms with Crippen LogP contribution < -0.4 is 5.32 Å². The highest BCUT2D eigenvalue weighted by molar-refractivity contribution is 7.17. The fraction of sp³-hybridized carbons (Fsp3) is 0.571. The van der Waals surface area contributed by atoms with Crippen molar-refractivity contribution in [2.45, 2.75) is 38.5 Å². The molecule has 0 saturated carbocycles. The maximum absolute atomic E-state index is 12.1. The van der Waals surface area contributed by atoms with Crippen LogP contribution in [0.5, 0.6) is 0 Å². The normalized spacial score (nSPS) is 22.0. The monoisotopic (exact) mass is 362 g/mol. The Morgan fingerprint density at radius 2 is 2.09 bits per heavy atom. The number of rotatable bonds is 3. The molecular weight excluding hydrogens is 344 g/mol. The number of thiophene rings is 1. The number of nitrogens with one attached hydrogen (secondary N) is 1. The van der Waals surface area contributed by atoms with Gasteiger partial charge in [0.2, 0.25) is 0 Å². The molecule has 1 aliphatic rings. The number of nitrogens with zero attached hydrogens (tertiary/aromatic N) is 1. The van der Waals surface area contributed by atoms with Gasteiger partial charge in [0.15, 0.2) is 0 Å². The Morgan fingerprint density at radius 3 is 2.65 bits per heavy atom. The van der Waals surface area contributed by atoms with E-state index in [9.17, 15) is 14.7 Å². The number of hydrogen-bond acceptors (Lipinski definition) is 7. The molecule has 0 spiro atoms. The smallest absolute Gasteiger partial charge is 0.427 e. The van der Waals surface area contributed by atoms with Crippen LogP contribution in [0, 0.1) is 0 Å². The highest BCUT2D eigenvalue weighted by atomic mass is 35.5. The molecule has 128 valence electrons. The van der Waals surface area contributed by atoms with Crippen molar-refractivity contribution < 1.29 is 24.3 Å². The topological polar surface area (TPSA) is 88.1 Å². The molecule has 1 saturated heterocycles. The van der Waals surface area contributed by atoms with E-state index in [2.05, 4.69) is 5.32 Å². The fourth-order valence-electron chi connectivity index (χ4n) is 2.02. The number of halogens is 1. The molecule has 0 aliphatic carbocycles. The number of aliphatic hydroxyl groups excluding tert-OH is 1. The number of carbonyl (C=O) groups is 2. The molecule has 2 heterocycles. The fourth-order valence-corrected chi connectivity index (χ4v) is 2.96. The van der Waals surface area contributed by atoms with Crippen LogP contribution in [-0.4, -0.2) is 53.1 Å². The Morgan fingerprint density at radius 1 is 1.39 bits per heavy atom. The molecule has 7 nitrogen and oxygen atoms in total. The van der Waals surface area contributed by atoms with Gasteiger partial charge in [-0.1, -0.05) is 11.6 Å². The van der Waals surface area contributed by atoms with Crippen molar-refractivity contribution in [3.8, 4) is 0 Å². The summed E-state index contributed by atoms with van der Waals surface area (Å²) in [6.45, 7) is 5.44. The van der Waals surface area contributed by atoms with Gasteiger partial charge in [0.1, 0.15) is 5.60 Å². The molecule has 0 aromatic carbocycles. The predicted molar refractivity (Wildman–Crippen MR) is 85.5 cm³/mol. The number of amides is 1. The van der Waals surface area contributed by atoms with Crippen molar-refractivity contribution in [1.82, 2.24) is 10.4 Å². The number of hydrogen-bond donors (Lipinski definition) is 2. The summed E-state index contributed by atoms with van der Waals surface area (Å²) in [6.07, 6.45) is -1.70. The van der Waals surface area contributed by atoms with Crippen LogP contribution >= 0.6 is 22.9 Å². The van der Waals surface area contributed by atoms with Crippen LogP contribution in [0.1, 0.15) is 30.4 Å². The molecular formula is C14H19ClN2O5S. The Hall–Kier alpha value is -1.35. The maximum Gasteiger partial charge on any atom is 0.528 e. The van der Waals surface area contributed by atoms with Crippen molar-refractivity contribution in [3.05, 3.63) is 21.3 Å². The van der Waals surface area contributed by atoms with Gasteiger partial charge < -0.3 is 20.0 Å². The third-order valence-corrected chi connectivity index (χ3v) is 4.19. The second-order valence-corrected chi connectivity index (χ2v) is 7.87. The van der Waals surface area contributed by atoms with E-state index in [4.69, 9.17) is 21.2 Å². The van der Waals surface area contributed by atoms with E-state index in [0.717, 1.165) is 11.3 Å². The molecule has 23 heavy (non-hydrogen) atoms. The number of ether oxygens (including phenoxy) is 1. The predicted octanol–water partition coefficient (Wildman–Crippen LogP) is 2.04. The summed E-state index contributed by atoms with van der Waals surface area (Å²) < 4.78 is 5.55. The van der Waals surface area contributed by atoms with Crippen LogP contribution in [-0.2, 0) is 9.57 Å². The highest BCUT2D eigenvalue weighted by Crippen LogP contribution is 2.22. The zero-order valence-electron chi connectivity index (χ0n) is 13.0. The van der Waals surface area contributed by atoms with E-state index >= 15 is 0 Å². The van der Waals surface area contributed by atoms with Gasteiger partial charge in [-0.25, -0.2) is 4.79 Å². The molecule has 2 rings (SSSR count). The minimum atomic E-state index is -0.850. The van der Waals surface area contributed by atoms with Crippen LogP contribution in [0.2, 0.25) is 4.34 Å². The summed E-state index contributed by atoms with van der Waals surface area (Å²) >= 11 is 6.94. The van der Waals surface area contributed by atoms with Gasteiger partial charge >= 0.3 is 6.16 Å². The number of carbonyl (C=O) groups excluding carboxylic acids is 2. The van der Waals surface area contributed by atoms with Gasteiger partial charge in [-0.05, 0) is 32.9 Å². The summed E-state index contributed by atoms with van der Waals surface area (Å²) in [7, 11) is 0. The van der Waals surface area contributed by atoms with Gasteiger partial charge in [0.05, 0.1) is 34.4 Å². The summed E-state index contributed by atoms with van der Waals surface area (Å²) in [5.41, 5.74) is -0.665. The second-order valence-electron chi connectivity index (χ2n) is 6.15. The van der Waals surface area contributed by atoms with Crippen molar-refractivity contribution in [2.24, 2.45) is 0 Å². The number of β-amino-alcohol motifs (C(OH)–C–C–N with tert-alkyl or cyclic N) is 1. The minimum absolute atomic E-state index is 0.0926. The molecule has 2 unspecified atom stereocenters. The molecule has 0 radical (unpaired) electrons. The Bertz CT molecular complexity index is 586. The lowest BCUT2D eigenvalue weighted by Crippen LogP contribution is -2.42. The number of hydroxylamine groups is 2. The average Bonchev–Trinajstić information content (AvgIpc) is 2.94. The first-order chi connectivity index (χ1) is 10.6. The molecule has 1 aromatic rings. The first-order valence-electron chi connectivity index (χ1n) is 7.04. The third-order valence-electron chi connectivity index (χ3n) is 2.96. The minimum Gasteiger partial charge on any atom is -0.427 e. The molecule has 1 aromatic heterocycles. The van der Waals surface area contributed by atoms with Gasteiger partial charge in [-0.3, -0.25) is 4.79 Å². The van der Waals surface area contributed by atoms with E-state index < -0.39 is 23.9 Å². The molecule has 1 amide bonds. The largest absolute Gasteiger partial charge is 0.528 e. The summed E-state index contributed by atoms with van der Waals surface area (Å²) in [6, 6.07) is 2.69. The van der Waals surface area contributed by atoms with Crippen molar-refractivity contribution in [2.75, 3.05) is 13.1 Å². The SMILES string of the molecule is CC(C)(C)OC(=O)ON1CC(O)C(NC(=O)c2ccc(Cl)s2)C1. The summed E-state index contributed by atoms with van der Waals surface area (Å²) in [5, 5.41) is 14.0. The molecule has 9 heteroatoms. The van der Waals surface area contributed by atoms with Crippen LogP contribution in [0.4, 0.5) is 4.79 Å². The molecule has 1 aliphatic heterocycles. The van der Waals surface area contributed by atoms with Gasteiger partial charge in [-0.2, -0.15) is 0 Å². The van der Waals surface area contributed by atoms with E-state index in [-0.39, 0.29) is 19.0 Å². The molecule has 0 bridgehead atoms. The van der Waals surface area contributed by atoms with Gasteiger partial charge in [0.25, 0.3) is 5.91 Å². The van der Waals surface area contributed by atoms with Crippen LogP contribution in [0.25, 0.3) is 0 Å². The van der Waals surface area contributed by atoms with Crippen molar-refractivity contribution in [3.63, 3.8) is 0 Å². The van der Waals surface area contributed by atoms with Gasteiger partial charge in [-0.15, -0.1) is 16.4 Å². The Labute approximate surface area is 143 Å². The first-order valence-corrected chi connectivity index (χ1v) is 8.23. The highest BCUT2D eigenvalue weighted by Gasteiger charge is 2.36. The lowest BCUT2D eigenvalue weighted by atomic mass is 10.2. The third kappa shape index (κ3) is 5.35. The van der Waals surface area contributed by atoms with Crippen LogP contribution in [0.3, 0.4) is 0 Å². The maximum atomic E-state index is 12.1.